The van der Waals surface area contributed by atoms with Crippen molar-refractivity contribution in [3.8, 4) is 11.5 Å². The van der Waals surface area contributed by atoms with Gasteiger partial charge >= 0.3 is 0 Å². The van der Waals surface area contributed by atoms with Crippen molar-refractivity contribution in [2.45, 2.75) is 13.0 Å². The second-order valence-corrected chi connectivity index (χ2v) is 4.89. The lowest BCUT2D eigenvalue weighted by Crippen LogP contribution is -1.98. The standard InChI is InChI=1S/C15H13BrF2O2/c1-19-11-7-5-10(6-8-11)9-20-13-4-2-3-12(14(13)16)15(17)18/h2-8,15H,9H2,1H3. The van der Waals surface area contributed by atoms with Crippen LogP contribution in [0, 0.1) is 0 Å². The van der Waals surface area contributed by atoms with Gasteiger partial charge in [0.25, 0.3) is 6.43 Å². The molecule has 0 amide bonds. The van der Waals surface area contributed by atoms with Crippen LogP contribution in [-0.4, -0.2) is 7.11 Å². The maximum atomic E-state index is 12.8. The summed E-state index contributed by atoms with van der Waals surface area (Å²) in [5.41, 5.74) is 0.859. The Morgan fingerprint density at radius 1 is 1.10 bits per heavy atom. The van der Waals surface area contributed by atoms with E-state index in [1.54, 1.807) is 19.2 Å². The number of alkyl halides is 2. The van der Waals surface area contributed by atoms with E-state index in [0.717, 1.165) is 11.3 Å². The predicted octanol–water partition coefficient (Wildman–Crippen LogP) is 4.97. The third-order valence-corrected chi connectivity index (χ3v) is 3.63. The first-order chi connectivity index (χ1) is 9.61. The Kier molecular flexibility index (Phi) is 4.95. The largest absolute Gasteiger partial charge is 0.497 e. The minimum Gasteiger partial charge on any atom is -0.497 e. The molecule has 5 heteroatoms. The zero-order valence-corrected chi connectivity index (χ0v) is 12.4. The molecule has 0 fully saturated rings. The minimum atomic E-state index is -2.53. The molecule has 0 saturated heterocycles. The predicted molar refractivity (Wildman–Crippen MR) is 76.4 cm³/mol. The molecule has 0 bridgehead atoms. The number of methoxy groups -OCH3 is 1. The Labute approximate surface area is 124 Å². The van der Waals surface area contributed by atoms with Gasteiger partial charge in [0.2, 0.25) is 0 Å². The van der Waals surface area contributed by atoms with Crippen LogP contribution in [0.1, 0.15) is 17.6 Å². The molecule has 2 aromatic rings. The summed E-state index contributed by atoms with van der Waals surface area (Å²) in [5, 5.41) is 0. The van der Waals surface area contributed by atoms with Crippen molar-refractivity contribution >= 4 is 15.9 Å². The van der Waals surface area contributed by atoms with Crippen molar-refractivity contribution in [2.24, 2.45) is 0 Å². The van der Waals surface area contributed by atoms with E-state index >= 15 is 0 Å². The van der Waals surface area contributed by atoms with E-state index in [4.69, 9.17) is 9.47 Å². The summed E-state index contributed by atoms with van der Waals surface area (Å²) < 4.78 is 36.4. The summed E-state index contributed by atoms with van der Waals surface area (Å²) in [6, 6.07) is 11.9. The van der Waals surface area contributed by atoms with Crippen LogP contribution < -0.4 is 9.47 Å². The van der Waals surface area contributed by atoms with E-state index in [1.807, 2.05) is 24.3 Å². The van der Waals surface area contributed by atoms with Gasteiger partial charge in [-0.1, -0.05) is 24.3 Å². The topological polar surface area (TPSA) is 18.5 Å². The normalized spacial score (nSPS) is 10.7. The molecule has 20 heavy (non-hydrogen) atoms. The Morgan fingerprint density at radius 3 is 2.40 bits per heavy atom. The van der Waals surface area contributed by atoms with Gasteiger partial charge in [0.1, 0.15) is 18.1 Å². The van der Waals surface area contributed by atoms with Gasteiger partial charge in [0.05, 0.1) is 11.6 Å². The number of rotatable bonds is 5. The molecule has 0 aliphatic carbocycles. The van der Waals surface area contributed by atoms with Gasteiger partial charge in [0, 0.05) is 5.56 Å². The van der Waals surface area contributed by atoms with E-state index in [9.17, 15) is 8.78 Å². The third kappa shape index (κ3) is 3.48. The summed E-state index contributed by atoms with van der Waals surface area (Å²) >= 11 is 3.15. The molecule has 0 N–H and O–H groups in total. The summed E-state index contributed by atoms with van der Waals surface area (Å²) in [6.07, 6.45) is -2.53. The summed E-state index contributed by atoms with van der Waals surface area (Å²) in [6.45, 7) is 0.301. The van der Waals surface area contributed by atoms with E-state index in [2.05, 4.69) is 15.9 Å². The first-order valence-electron chi connectivity index (χ1n) is 5.94. The summed E-state index contributed by atoms with van der Waals surface area (Å²) in [4.78, 5) is 0. The zero-order chi connectivity index (χ0) is 14.5. The summed E-state index contributed by atoms with van der Waals surface area (Å²) in [7, 11) is 1.60. The van der Waals surface area contributed by atoms with Crippen molar-refractivity contribution < 1.29 is 18.3 Å². The second kappa shape index (κ2) is 6.70. The van der Waals surface area contributed by atoms with Crippen LogP contribution in [0.4, 0.5) is 8.78 Å². The molecular formula is C15H13BrF2O2. The molecule has 0 radical (unpaired) electrons. The number of benzene rings is 2. The Balaban J connectivity index is 2.08. The third-order valence-electron chi connectivity index (χ3n) is 2.78. The molecule has 2 rings (SSSR count). The highest BCUT2D eigenvalue weighted by Crippen LogP contribution is 2.34. The van der Waals surface area contributed by atoms with E-state index < -0.39 is 6.43 Å². The van der Waals surface area contributed by atoms with Crippen LogP contribution in [0.2, 0.25) is 0 Å². The second-order valence-electron chi connectivity index (χ2n) is 4.10. The Bertz CT molecular complexity index is 571. The quantitative estimate of drug-likeness (QED) is 0.763. The SMILES string of the molecule is COc1ccc(COc2cccc(C(F)F)c2Br)cc1. The highest BCUT2D eigenvalue weighted by Gasteiger charge is 2.14. The van der Waals surface area contributed by atoms with E-state index in [0.29, 0.717) is 16.8 Å². The molecule has 0 heterocycles. The van der Waals surface area contributed by atoms with Gasteiger partial charge in [0.15, 0.2) is 0 Å². The molecule has 106 valence electrons. The molecule has 0 aliphatic heterocycles. The molecule has 0 saturated carbocycles. The van der Waals surface area contributed by atoms with E-state index in [-0.39, 0.29) is 5.56 Å². The smallest absolute Gasteiger partial charge is 0.265 e. The van der Waals surface area contributed by atoms with Gasteiger partial charge in [-0.15, -0.1) is 0 Å². The van der Waals surface area contributed by atoms with Crippen LogP contribution in [0.25, 0.3) is 0 Å². The highest BCUT2D eigenvalue weighted by atomic mass is 79.9. The lowest BCUT2D eigenvalue weighted by atomic mass is 10.2. The maximum absolute atomic E-state index is 12.8. The van der Waals surface area contributed by atoms with Gasteiger partial charge in [-0.05, 0) is 39.7 Å². The molecule has 0 atom stereocenters. The average molecular weight is 343 g/mol. The van der Waals surface area contributed by atoms with Crippen LogP contribution in [0.3, 0.4) is 0 Å². The lowest BCUT2D eigenvalue weighted by Gasteiger charge is -2.11. The molecule has 2 nitrogen and oxygen atoms in total. The Hall–Kier alpha value is -1.62. The van der Waals surface area contributed by atoms with Crippen molar-refractivity contribution in [1.82, 2.24) is 0 Å². The fourth-order valence-corrected chi connectivity index (χ4v) is 2.24. The highest BCUT2D eigenvalue weighted by molar-refractivity contribution is 9.10. The minimum absolute atomic E-state index is 0.0720. The van der Waals surface area contributed by atoms with Crippen molar-refractivity contribution in [3.63, 3.8) is 0 Å². The van der Waals surface area contributed by atoms with Crippen molar-refractivity contribution in [3.05, 3.63) is 58.1 Å². The van der Waals surface area contributed by atoms with Gasteiger partial charge in [-0.2, -0.15) is 0 Å². The van der Waals surface area contributed by atoms with Crippen molar-refractivity contribution in [1.29, 1.82) is 0 Å². The number of halogens is 3. The summed E-state index contributed by atoms with van der Waals surface area (Å²) in [5.74, 6) is 1.16. The van der Waals surface area contributed by atoms with Gasteiger partial charge in [-0.3, -0.25) is 0 Å². The molecular weight excluding hydrogens is 330 g/mol. The van der Waals surface area contributed by atoms with Crippen molar-refractivity contribution in [2.75, 3.05) is 7.11 Å². The lowest BCUT2D eigenvalue weighted by molar-refractivity contribution is 0.149. The van der Waals surface area contributed by atoms with Crippen LogP contribution in [0.5, 0.6) is 11.5 Å². The average Bonchev–Trinajstić information content (AvgIpc) is 2.46. The Morgan fingerprint density at radius 2 is 1.80 bits per heavy atom. The number of ether oxygens (including phenoxy) is 2. The first-order valence-corrected chi connectivity index (χ1v) is 6.73. The fraction of sp³-hybridized carbons (Fsp3) is 0.200. The van der Waals surface area contributed by atoms with Crippen LogP contribution in [-0.2, 0) is 6.61 Å². The fourth-order valence-electron chi connectivity index (χ4n) is 1.69. The molecule has 0 aromatic heterocycles. The van der Waals surface area contributed by atoms with E-state index in [1.165, 1.54) is 6.07 Å². The molecule has 0 unspecified atom stereocenters. The molecule has 2 aromatic carbocycles. The number of hydrogen-bond acceptors (Lipinski definition) is 2. The number of hydrogen-bond donors (Lipinski definition) is 0. The molecule has 0 aliphatic rings. The zero-order valence-electron chi connectivity index (χ0n) is 10.8. The van der Waals surface area contributed by atoms with Gasteiger partial charge in [-0.25, -0.2) is 8.78 Å². The monoisotopic (exact) mass is 342 g/mol. The molecule has 0 spiro atoms. The van der Waals surface area contributed by atoms with Crippen LogP contribution in [0.15, 0.2) is 46.9 Å². The van der Waals surface area contributed by atoms with Gasteiger partial charge < -0.3 is 9.47 Å². The first kappa shape index (κ1) is 14.8. The maximum Gasteiger partial charge on any atom is 0.265 e. The van der Waals surface area contributed by atoms with Crippen LogP contribution >= 0.6 is 15.9 Å².